The second-order valence-corrected chi connectivity index (χ2v) is 3.43. The molecule has 2 nitrogen and oxygen atoms in total. The predicted molar refractivity (Wildman–Crippen MR) is 55.8 cm³/mol. The molecule has 2 heteroatoms. The molecule has 0 fully saturated rings. The summed E-state index contributed by atoms with van der Waals surface area (Å²) in [5.41, 5.74) is 8.18. The van der Waals surface area contributed by atoms with Crippen LogP contribution in [0.1, 0.15) is 18.4 Å². The molecular weight excluding hydrogens is 160 g/mol. The third-order valence-electron chi connectivity index (χ3n) is 2.50. The zero-order chi connectivity index (χ0) is 9.26. The summed E-state index contributed by atoms with van der Waals surface area (Å²) >= 11 is 0. The van der Waals surface area contributed by atoms with Crippen LogP contribution >= 0.6 is 0 Å². The number of para-hydroxylation sites is 1. The van der Waals surface area contributed by atoms with Crippen LogP contribution in [0.4, 0.5) is 0 Å². The van der Waals surface area contributed by atoms with Crippen molar-refractivity contribution >= 4 is 10.9 Å². The van der Waals surface area contributed by atoms with E-state index < -0.39 is 0 Å². The van der Waals surface area contributed by atoms with Gasteiger partial charge in [-0.05, 0) is 29.5 Å². The van der Waals surface area contributed by atoms with Gasteiger partial charge >= 0.3 is 0 Å². The first-order valence-electron chi connectivity index (χ1n) is 4.59. The topological polar surface area (TPSA) is 41.8 Å². The molecule has 0 aliphatic rings. The van der Waals surface area contributed by atoms with Crippen LogP contribution in [0.2, 0.25) is 0 Å². The third-order valence-corrected chi connectivity index (χ3v) is 2.50. The normalized spacial score (nSPS) is 13.4. The lowest BCUT2D eigenvalue weighted by Crippen LogP contribution is -2.09. The minimum absolute atomic E-state index is 0.419. The highest BCUT2D eigenvalue weighted by atomic mass is 14.7. The van der Waals surface area contributed by atoms with Gasteiger partial charge in [0.25, 0.3) is 0 Å². The van der Waals surface area contributed by atoms with E-state index >= 15 is 0 Å². The lowest BCUT2D eigenvalue weighted by molar-refractivity contribution is 0.779. The number of aromatic nitrogens is 1. The van der Waals surface area contributed by atoms with Crippen molar-refractivity contribution in [1.29, 1.82) is 0 Å². The number of rotatable bonds is 2. The molecule has 1 unspecified atom stereocenters. The maximum atomic E-state index is 5.65. The van der Waals surface area contributed by atoms with Crippen LogP contribution in [0.3, 0.4) is 0 Å². The number of fused-ring (bicyclic) bond motifs is 1. The van der Waals surface area contributed by atoms with Gasteiger partial charge in [0.05, 0.1) is 0 Å². The van der Waals surface area contributed by atoms with Crippen LogP contribution in [0.25, 0.3) is 10.9 Å². The van der Waals surface area contributed by atoms with Crippen molar-refractivity contribution < 1.29 is 0 Å². The summed E-state index contributed by atoms with van der Waals surface area (Å²) in [4.78, 5) is 3.25. The molecule has 1 aromatic carbocycles. The monoisotopic (exact) mass is 174 g/mol. The van der Waals surface area contributed by atoms with Gasteiger partial charge in [-0.15, -0.1) is 0 Å². The smallest absolute Gasteiger partial charge is 0.0489 e. The SMILES string of the molecule is CC(CN)c1cccc2cc[nH]c12. The molecule has 13 heavy (non-hydrogen) atoms. The van der Waals surface area contributed by atoms with E-state index in [-0.39, 0.29) is 0 Å². The quantitative estimate of drug-likeness (QED) is 0.720. The maximum Gasteiger partial charge on any atom is 0.0489 e. The molecule has 0 saturated carbocycles. The average molecular weight is 174 g/mol. The van der Waals surface area contributed by atoms with E-state index in [2.05, 4.69) is 36.2 Å². The first-order valence-corrected chi connectivity index (χ1v) is 4.59. The van der Waals surface area contributed by atoms with Gasteiger partial charge in [0.15, 0.2) is 0 Å². The second kappa shape index (κ2) is 3.23. The van der Waals surface area contributed by atoms with Gasteiger partial charge in [0.1, 0.15) is 0 Å². The Morgan fingerprint density at radius 2 is 2.23 bits per heavy atom. The molecule has 0 bridgehead atoms. The Morgan fingerprint density at radius 1 is 1.38 bits per heavy atom. The Morgan fingerprint density at radius 3 is 3.00 bits per heavy atom. The number of nitrogens with one attached hydrogen (secondary N) is 1. The molecule has 1 atom stereocenters. The summed E-state index contributed by atoms with van der Waals surface area (Å²) < 4.78 is 0. The van der Waals surface area contributed by atoms with Crippen LogP contribution in [0.15, 0.2) is 30.5 Å². The Hall–Kier alpha value is -1.28. The number of H-pyrrole nitrogens is 1. The third kappa shape index (κ3) is 1.33. The highest BCUT2D eigenvalue weighted by Crippen LogP contribution is 2.23. The summed E-state index contributed by atoms with van der Waals surface area (Å²) in [7, 11) is 0. The summed E-state index contributed by atoms with van der Waals surface area (Å²) in [6.45, 7) is 2.84. The molecule has 2 aromatic rings. The van der Waals surface area contributed by atoms with Crippen molar-refractivity contribution in [1.82, 2.24) is 4.98 Å². The maximum absolute atomic E-state index is 5.65. The van der Waals surface area contributed by atoms with Crippen LogP contribution < -0.4 is 5.73 Å². The number of aromatic amines is 1. The Bertz CT molecular complexity index is 403. The first-order chi connectivity index (χ1) is 6.33. The molecule has 1 heterocycles. The van der Waals surface area contributed by atoms with E-state index in [0.29, 0.717) is 12.5 Å². The first kappa shape index (κ1) is 8.32. The molecule has 3 N–H and O–H groups in total. The largest absolute Gasteiger partial charge is 0.361 e. The van der Waals surface area contributed by atoms with Crippen LogP contribution in [0.5, 0.6) is 0 Å². The van der Waals surface area contributed by atoms with Crippen LogP contribution in [-0.4, -0.2) is 11.5 Å². The van der Waals surface area contributed by atoms with E-state index in [1.54, 1.807) is 0 Å². The van der Waals surface area contributed by atoms with Crippen molar-refractivity contribution in [2.75, 3.05) is 6.54 Å². The van der Waals surface area contributed by atoms with E-state index in [0.717, 1.165) is 0 Å². The Balaban J connectivity index is 2.60. The summed E-state index contributed by atoms with van der Waals surface area (Å²) in [6.07, 6.45) is 1.97. The summed E-state index contributed by atoms with van der Waals surface area (Å²) in [5, 5.41) is 1.26. The molecule has 0 amide bonds. The predicted octanol–water partition coefficient (Wildman–Crippen LogP) is 2.23. The molecule has 2 rings (SSSR count). The van der Waals surface area contributed by atoms with Crippen molar-refractivity contribution in [2.24, 2.45) is 5.73 Å². The van der Waals surface area contributed by atoms with E-state index in [1.807, 2.05) is 6.20 Å². The van der Waals surface area contributed by atoms with Gasteiger partial charge in [-0.25, -0.2) is 0 Å². The molecule has 0 radical (unpaired) electrons. The number of hydrogen-bond donors (Lipinski definition) is 2. The number of nitrogens with two attached hydrogens (primary N) is 1. The summed E-state index contributed by atoms with van der Waals surface area (Å²) in [5.74, 6) is 0.419. The van der Waals surface area contributed by atoms with Crippen molar-refractivity contribution in [3.8, 4) is 0 Å². The summed E-state index contributed by atoms with van der Waals surface area (Å²) in [6, 6.07) is 8.41. The van der Waals surface area contributed by atoms with Gasteiger partial charge in [0, 0.05) is 11.7 Å². The fourth-order valence-electron chi connectivity index (χ4n) is 1.65. The molecule has 0 spiro atoms. The average Bonchev–Trinajstić information content (AvgIpc) is 2.63. The van der Waals surface area contributed by atoms with Crippen molar-refractivity contribution in [3.05, 3.63) is 36.0 Å². The zero-order valence-electron chi connectivity index (χ0n) is 7.75. The van der Waals surface area contributed by atoms with E-state index in [9.17, 15) is 0 Å². The fraction of sp³-hybridized carbons (Fsp3) is 0.273. The minimum Gasteiger partial charge on any atom is -0.361 e. The standard InChI is InChI=1S/C11H14N2/c1-8(7-12)10-4-2-3-9-5-6-13-11(9)10/h2-6,8,13H,7,12H2,1H3. The van der Waals surface area contributed by atoms with Gasteiger partial charge in [-0.3, -0.25) is 0 Å². The molecule has 0 aliphatic carbocycles. The number of benzene rings is 1. The molecule has 0 aliphatic heterocycles. The van der Waals surface area contributed by atoms with Gasteiger partial charge in [-0.2, -0.15) is 0 Å². The van der Waals surface area contributed by atoms with Crippen LogP contribution in [0, 0.1) is 0 Å². The second-order valence-electron chi connectivity index (χ2n) is 3.43. The molecular formula is C11H14N2. The van der Waals surface area contributed by atoms with Gasteiger partial charge in [-0.1, -0.05) is 25.1 Å². The Labute approximate surface area is 77.8 Å². The minimum atomic E-state index is 0.419. The lowest BCUT2D eigenvalue weighted by Gasteiger charge is -2.09. The van der Waals surface area contributed by atoms with Crippen molar-refractivity contribution in [2.45, 2.75) is 12.8 Å². The molecule has 68 valence electrons. The fourth-order valence-corrected chi connectivity index (χ4v) is 1.65. The van der Waals surface area contributed by atoms with Gasteiger partial charge in [0.2, 0.25) is 0 Å². The molecule has 1 aromatic heterocycles. The zero-order valence-corrected chi connectivity index (χ0v) is 7.75. The van der Waals surface area contributed by atoms with E-state index in [1.165, 1.54) is 16.5 Å². The lowest BCUT2D eigenvalue weighted by atomic mass is 9.99. The number of hydrogen-bond acceptors (Lipinski definition) is 1. The Kier molecular flexibility index (Phi) is 2.07. The van der Waals surface area contributed by atoms with Crippen LogP contribution in [-0.2, 0) is 0 Å². The van der Waals surface area contributed by atoms with E-state index in [4.69, 9.17) is 5.73 Å². The molecule has 0 saturated heterocycles. The van der Waals surface area contributed by atoms with Crippen molar-refractivity contribution in [3.63, 3.8) is 0 Å². The van der Waals surface area contributed by atoms with Gasteiger partial charge < -0.3 is 10.7 Å². The highest BCUT2D eigenvalue weighted by molar-refractivity contribution is 5.82. The highest BCUT2D eigenvalue weighted by Gasteiger charge is 2.07.